The van der Waals surface area contributed by atoms with Crippen LogP contribution in [0.2, 0.25) is 0 Å². The van der Waals surface area contributed by atoms with Crippen molar-refractivity contribution in [3.8, 4) is 0 Å². The highest BCUT2D eigenvalue weighted by Crippen LogP contribution is 2.19. The molecule has 1 N–H and O–H groups in total. The standard InChI is InChI=1S/C12H9BrN4OS/c1-7-10(17-12(15-7)19-6-14-17)11(18)16-9-4-2-3-8(13)5-9/h2-6H,1H3,(H,16,18). The summed E-state index contributed by atoms with van der Waals surface area (Å²) >= 11 is 4.77. The van der Waals surface area contributed by atoms with E-state index in [-0.39, 0.29) is 5.91 Å². The van der Waals surface area contributed by atoms with Gasteiger partial charge in [0.1, 0.15) is 5.51 Å². The summed E-state index contributed by atoms with van der Waals surface area (Å²) < 4.78 is 2.47. The van der Waals surface area contributed by atoms with Crippen LogP contribution in [0.25, 0.3) is 4.96 Å². The maximum Gasteiger partial charge on any atom is 0.276 e. The van der Waals surface area contributed by atoms with Gasteiger partial charge in [0.15, 0.2) is 5.69 Å². The van der Waals surface area contributed by atoms with E-state index in [0.29, 0.717) is 11.4 Å². The number of amides is 1. The van der Waals surface area contributed by atoms with Gasteiger partial charge in [-0.2, -0.15) is 9.61 Å². The molecular formula is C12H9BrN4OS. The van der Waals surface area contributed by atoms with E-state index in [1.807, 2.05) is 24.3 Å². The Morgan fingerprint density at radius 1 is 1.47 bits per heavy atom. The van der Waals surface area contributed by atoms with Crippen LogP contribution in [0.15, 0.2) is 34.2 Å². The predicted octanol–water partition coefficient (Wildman–Crippen LogP) is 3.11. The number of nitrogens with one attached hydrogen (secondary N) is 1. The highest BCUT2D eigenvalue weighted by Gasteiger charge is 2.18. The lowest BCUT2D eigenvalue weighted by Crippen LogP contribution is -2.15. The van der Waals surface area contributed by atoms with Gasteiger partial charge >= 0.3 is 0 Å². The van der Waals surface area contributed by atoms with E-state index in [1.165, 1.54) is 11.3 Å². The summed E-state index contributed by atoms with van der Waals surface area (Å²) in [6.07, 6.45) is 0. The average Bonchev–Trinajstić information content (AvgIpc) is 2.88. The lowest BCUT2D eigenvalue weighted by atomic mass is 10.3. The third kappa shape index (κ3) is 2.26. The fourth-order valence-corrected chi connectivity index (χ4v) is 2.87. The van der Waals surface area contributed by atoms with Crippen LogP contribution in [-0.4, -0.2) is 20.5 Å². The summed E-state index contributed by atoms with van der Waals surface area (Å²) in [4.78, 5) is 17.3. The number of hydrogen-bond acceptors (Lipinski definition) is 4. The molecular weight excluding hydrogens is 328 g/mol. The second-order valence-corrected chi connectivity index (χ2v) is 5.67. The molecule has 0 fully saturated rings. The number of aryl methyl sites for hydroxylation is 1. The maximum absolute atomic E-state index is 12.3. The molecule has 0 spiro atoms. The molecule has 0 saturated heterocycles. The Morgan fingerprint density at radius 2 is 2.32 bits per heavy atom. The number of halogens is 1. The van der Waals surface area contributed by atoms with Crippen molar-refractivity contribution in [1.29, 1.82) is 0 Å². The van der Waals surface area contributed by atoms with Crippen molar-refractivity contribution in [2.45, 2.75) is 6.92 Å². The number of rotatable bonds is 2. The first-order chi connectivity index (χ1) is 9.15. The van der Waals surface area contributed by atoms with Crippen molar-refractivity contribution in [2.75, 3.05) is 5.32 Å². The molecule has 1 aromatic carbocycles. The van der Waals surface area contributed by atoms with Crippen LogP contribution in [-0.2, 0) is 0 Å². The van der Waals surface area contributed by atoms with E-state index in [9.17, 15) is 4.79 Å². The van der Waals surface area contributed by atoms with Gasteiger partial charge < -0.3 is 5.32 Å². The number of fused-ring (bicyclic) bond motifs is 1. The largest absolute Gasteiger partial charge is 0.321 e. The number of nitrogens with zero attached hydrogens (tertiary/aromatic N) is 3. The Morgan fingerprint density at radius 3 is 3.11 bits per heavy atom. The molecule has 0 atom stereocenters. The first-order valence-corrected chi connectivity index (χ1v) is 7.18. The van der Waals surface area contributed by atoms with Gasteiger partial charge in [0.05, 0.1) is 5.69 Å². The first-order valence-electron chi connectivity index (χ1n) is 5.51. The van der Waals surface area contributed by atoms with Crippen molar-refractivity contribution in [2.24, 2.45) is 0 Å². The number of carbonyl (C=O) groups is 1. The highest BCUT2D eigenvalue weighted by atomic mass is 79.9. The monoisotopic (exact) mass is 336 g/mol. The van der Waals surface area contributed by atoms with Gasteiger partial charge in [-0.15, -0.1) is 0 Å². The SMILES string of the molecule is Cc1nc2scnn2c1C(=O)Nc1cccc(Br)c1. The topological polar surface area (TPSA) is 59.3 Å². The average molecular weight is 337 g/mol. The van der Waals surface area contributed by atoms with Crippen molar-refractivity contribution in [1.82, 2.24) is 14.6 Å². The van der Waals surface area contributed by atoms with E-state index < -0.39 is 0 Å². The zero-order valence-electron chi connectivity index (χ0n) is 9.92. The number of hydrogen-bond donors (Lipinski definition) is 1. The van der Waals surface area contributed by atoms with Crippen molar-refractivity contribution >= 4 is 43.8 Å². The molecule has 7 heteroatoms. The normalized spacial score (nSPS) is 10.8. The van der Waals surface area contributed by atoms with Crippen LogP contribution >= 0.6 is 27.3 Å². The minimum atomic E-state index is -0.214. The lowest BCUT2D eigenvalue weighted by Gasteiger charge is -2.05. The molecule has 1 amide bonds. The highest BCUT2D eigenvalue weighted by molar-refractivity contribution is 9.10. The minimum Gasteiger partial charge on any atom is -0.321 e. The number of carbonyl (C=O) groups excluding carboxylic acids is 1. The van der Waals surface area contributed by atoms with Crippen molar-refractivity contribution < 1.29 is 4.79 Å². The molecule has 0 saturated carbocycles. The summed E-state index contributed by atoms with van der Waals surface area (Å²) in [5.74, 6) is -0.214. The van der Waals surface area contributed by atoms with Crippen LogP contribution in [0, 0.1) is 6.92 Å². The van der Waals surface area contributed by atoms with E-state index in [2.05, 4.69) is 31.3 Å². The van der Waals surface area contributed by atoms with Gasteiger partial charge in [-0.3, -0.25) is 4.79 Å². The molecule has 0 bridgehead atoms. The van der Waals surface area contributed by atoms with Gasteiger partial charge in [-0.1, -0.05) is 33.3 Å². The molecule has 19 heavy (non-hydrogen) atoms. The van der Waals surface area contributed by atoms with Crippen LogP contribution in [0.1, 0.15) is 16.2 Å². The summed E-state index contributed by atoms with van der Waals surface area (Å²) in [5.41, 5.74) is 3.53. The first kappa shape index (κ1) is 12.3. The second kappa shape index (κ2) is 4.75. The molecule has 0 aliphatic heterocycles. The fourth-order valence-electron chi connectivity index (χ4n) is 1.81. The Hall–Kier alpha value is -1.73. The van der Waals surface area contributed by atoms with E-state index in [1.54, 1.807) is 16.9 Å². The Balaban J connectivity index is 1.96. The van der Waals surface area contributed by atoms with E-state index >= 15 is 0 Å². The summed E-state index contributed by atoms with van der Waals surface area (Å²) in [6, 6.07) is 7.43. The molecule has 0 radical (unpaired) electrons. The zero-order valence-corrected chi connectivity index (χ0v) is 12.3. The number of aromatic nitrogens is 3. The van der Waals surface area contributed by atoms with Gasteiger partial charge in [0.25, 0.3) is 5.91 Å². The molecule has 0 unspecified atom stereocenters. The molecule has 0 aliphatic carbocycles. The molecule has 3 rings (SSSR count). The number of benzene rings is 1. The smallest absolute Gasteiger partial charge is 0.276 e. The van der Waals surface area contributed by atoms with Crippen molar-refractivity contribution in [3.05, 3.63) is 45.6 Å². The minimum absolute atomic E-state index is 0.214. The van der Waals surface area contributed by atoms with Gasteiger partial charge in [0.2, 0.25) is 4.96 Å². The maximum atomic E-state index is 12.3. The molecule has 2 heterocycles. The van der Waals surface area contributed by atoms with Crippen LogP contribution in [0.4, 0.5) is 5.69 Å². The van der Waals surface area contributed by atoms with Gasteiger partial charge in [-0.25, -0.2) is 4.98 Å². The molecule has 5 nitrogen and oxygen atoms in total. The summed E-state index contributed by atoms with van der Waals surface area (Å²) in [5, 5.41) is 6.97. The zero-order chi connectivity index (χ0) is 13.4. The Bertz CT molecular complexity index is 764. The third-order valence-electron chi connectivity index (χ3n) is 2.62. The van der Waals surface area contributed by atoms with E-state index in [4.69, 9.17) is 0 Å². The Kier molecular flexibility index (Phi) is 3.08. The van der Waals surface area contributed by atoms with Crippen LogP contribution < -0.4 is 5.32 Å². The molecule has 2 aromatic heterocycles. The number of anilines is 1. The molecule has 0 aliphatic rings. The Labute approximate surface area is 121 Å². The van der Waals surface area contributed by atoms with E-state index in [0.717, 1.165) is 15.1 Å². The predicted molar refractivity (Wildman–Crippen MR) is 77.7 cm³/mol. The summed E-state index contributed by atoms with van der Waals surface area (Å²) in [7, 11) is 0. The quantitative estimate of drug-likeness (QED) is 0.782. The van der Waals surface area contributed by atoms with Crippen molar-refractivity contribution in [3.63, 3.8) is 0 Å². The molecule has 96 valence electrons. The number of imidazole rings is 1. The van der Waals surface area contributed by atoms with Crippen LogP contribution in [0.5, 0.6) is 0 Å². The van der Waals surface area contributed by atoms with Gasteiger partial charge in [0, 0.05) is 10.2 Å². The fraction of sp³-hybridized carbons (Fsp3) is 0.0833. The lowest BCUT2D eigenvalue weighted by molar-refractivity contribution is 0.102. The third-order valence-corrected chi connectivity index (χ3v) is 3.79. The van der Waals surface area contributed by atoms with Crippen LogP contribution in [0.3, 0.4) is 0 Å². The second-order valence-electron chi connectivity index (χ2n) is 3.94. The summed E-state index contributed by atoms with van der Waals surface area (Å²) in [6.45, 7) is 1.80. The molecule has 3 aromatic rings. The van der Waals surface area contributed by atoms with Gasteiger partial charge in [-0.05, 0) is 25.1 Å².